The van der Waals surface area contributed by atoms with Gasteiger partial charge in [0.05, 0.1) is 19.7 Å². The summed E-state index contributed by atoms with van der Waals surface area (Å²) in [5, 5.41) is 7.56. The highest BCUT2D eigenvalue weighted by Gasteiger charge is 2.32. The first-order chi connectivity index (χ1) is 12.5. The molecule has 1 aromatic rings. The van der Waals surface area contributed by atoms with E-state index in [9.17, 15) is 14.4 Å². The zero-order chi connectivity index (χ0) is 18.9. The molecular formula is C18H24N4O4. The largest absolute Gasteiger partial charge is 0.497 e. The van der Waals surface area contributed by atoms with E-state index in [1.165, 1.54) is 6.08 Å². The number of carbonyl (C=O) groups is 3. The van der Waals surface area contributed by atoms with Gasteiger partial charge in [0.25, 0.3) is 0 Å². The molecule has 1 unspecified atom stereocenters. The summed E-state index contributed by atoms with van der Waals surface area (Å²) in [6, 6.07) is 6.06. The smallest absolute Gasteiger partial charge is 0.321 e. The van der Waals surface area contributed by atoms with Crippen LogP contribution in [0.3, 0.4) is 0 Å². The number of likely N-dealkylation sites (tertiary alicyclic amines) is 1. The van der Waals surface area contributed by atoms with Crippen LogP contribution in [0.1, 0.15) is 12.8 Å². The first-order valence-electron chi connectivity index (χ1n) is 8.41. The molecule has 0 spiro atoms. The minimum atomic E-state index is -0.576. The Hall–Kier alpha value is -2.87. The quantitative estimate of drug-likeness (QED) is 0.633. The average molecular weight is 360 g/mol. The van der Waals surface area contributed by atoms with Gasteiger partial charge in [-0.05, 0) is 43.7 Å². The number of nitrogens with zero attached hydrogens (tertiary/aromatic N) is 1. The number of amides is 4. The molecule has 0 bridgehead atoms. The Kier molecular flexibility index (Phi) is 7.16. The molecule has 3 N–H and O–H groups in total. The zero-order valence-electron chi connectivity index (χ0n) is 14.8. The third-order valence-corrected chi connectivity index (χ3v) is 4.03. The lowest BCUT2D eigenvalue weighted by Gasteiger charge is -2.23. The first-order valence-corrected chi connectivity index (χ1v) is 8.41. The summed E-state index contributed by atoms with van der Waals surface area (Å²) in [6.07, 6.45) is 3.00. The standard InChI is InChI=1S/C18H24N4O4/c1-3-10-19-18(25)21-16(23)12-22-11-4-5-15(22)17(24)20-13-6-8-14(26-2)9-7-13/h3,6-9,15H,1,4-5,10-12H2,2H3,(H,20,24)(H2,19,21,23,25). The minimum absolute atomic E-state index is 0.0117. The molecule has 8 nitrogen and oxygen atoms in total. The molecule has 0 radical (unpaired) electrons. The van der Waals surface area contributed by atoms with E-state index in [0.717, 1.165) is 6.42 Å². The molecule has 1 saturated heterocycles. The van der Waals surface area contributed by atoms with Crippen molar-refractivity contribution in [3.8, 4) is 5.75 Å². The Balaban J connectivity index is 1.87. The van der Waals surface area contributed by atoms with Crippen molar-refractivity contribution < 1.29 is 19.1 Å². The van der Waals surface area contributed by atoms with E-state index in [1.807, 2.05) is 0 Å². The third-order valence-electron chi connectivity index (χ3n) is 4.03. The van der Waals surface area contributed by atoms with Gasteiger partial charge in [0, 0.05) is 12.2 Å². The zero-order valence-corrected chi connectivity index (χ0v) is 14.8. The molecule has 1 fully saturated rings. The Morgan fingerprint density at radius 2 is 2.04 bits per heavy atom. The van der Waals surface area contributed by atoms with Crippen molar-refractivity contribution >= 4 is 23.5 Å². The van der Waals surface area contributed by atoms with Crippen LogP contribution in [0, 0.1) is 0 Å². The van der Waals surface area contributed by atoms with Gasteiger partial charge in [-0.25, -0.2) is 4.79 Å². The second-order valence-electron chi connectivity index (χ2n) is 5.89. The maximum atomic E-state index is 12.5. The molecule has 26 heavy (non-hydrogen) atoms. The lowest BCUT2D eigenvalue weighted by molar-refractivity contribution is -0.124. The number of ether oxygens (including phenoxy) is 1. The van der Waals surface area contributed by atoms with E-state index >= 15 is 0 Å². The molecule has 8 heteroatoms. The summed E-state index contributed by atoms with van der Waals surface area (Å²) < 4.78 is 5.09. The van der Waals surface area contributed by atoms with Crippen LogP contribution >= 0.6 is 0 Å². The highest BCUT2D eigenvalue weighted by molar-refractivity contribution is 5.97. The molecule has 1 atom stereocenters. The fourth-order valence-electron chi connectivity index (χ4n) is 2.77. The van der Waals surface area contributed by atoms with Crippen LogP contribution in [0.2, 0.25) is 0 Å². The number of hydrogen-bond acceptors (Lipinski definition) is 5. The Morgan fingerprint density at radius 3 is 2.69 bits per heavy atom. The molecule has 0 aromatic heterocycles. The highest BCUT2D eigenvalue weighted by atomic mass is 16.5. The van der Waals surface area contributed by atoms with Gasteiger partial charge in [-0.3, -0.25) is 19.8 Å². The first kappa shape index (κ1) is 19.5. The number of anilines is 1. The van der Waals surface area contributed by atoms with Crippen LogP contribution in [0.5, 0.6) is 5.75 Å². The molecule has 1 aromatic carbocycles. The number of benzene rings is 1. The van der Waals surface area contributed by atoms with Gasteiger partial charge in [0.2, 0.25) is 11.8 Å². The molecule has 1 heterocycles. The van der Waals surface area contributed by atoms with Gasteiger partial charge in [0.1, 0.15) is 5.75 Å². The summed E-state index contributed by atoms with van der Waals surface area (Å²) in [5.41, 5.74) is 0.663. The van der Waals surface area contributed by atoms with Gasteiger partial charge in [-0.2, -0.15) is 0 Å². The van der Waals surface area contributed by atoms with Crippen LogP contribution in [0.4, 0.5) is 10.5 Å². The van der Waals surface area contributed by atoms with Crippen molar-refractivity contribution in [2.24, 2.45) is 0 Å². The van der Waals surface area contributed by atoms with Crippen LogP contribution in [-0.4, -0.2) is 55.5 Å². The Morgan fingerprint density at radius 1 is 1.31 bits per heavy atom. The van der Waals surface area contributed by atoms with Crippen molar-refractivity contribution in [1.29, 1.82) is 0 Å². The van der Waals surface area contributed by atoms with Gasteiger partial charge in [-0.15, -0.1) is 6.58 Å². The molecule has 2 rings (SSSR count). The van der Waals surface area contributed by atoms with Crippen molar-refractivity contribution in [3.63, 3.8) is 0 Å². The normalized spacial score (nSPS) is 16.6. The fraction of sp³-hybridized carbons (Fsp3) is 0.389. The monoisotopic (exact) mass is 360 g/mol. The average Bonchev–Trinajstić information content (AvgIpc) is 3.08. The number of nitrogens with one attached hydrogen (secondary N) is 3. The van der Waals surface area contributed by atoms with Gasteiger partial charge in [0.15, 0.2) is 0 Å². The number of methoxy groups -OCH3 is 1. The fourth-order valence-corrected chi connectivity index (χ4v) is 2.77. The Bertz CT molecular complexity index is 660. The summed E-state index contributed by atoms with van der Waals surface area (Å²) in [5.74, 6) is 0.0872. The van der Waals surface area contributed by atoms with Crippen molar-refractivity contribution in [2.75, 3.05) is 32.1 Å². The van der Waals surface area contributed by atoms with E-state index < -0.39 is 18.0 Å². The number of hydrogen-bond donors (Lipinski definition) is 3. The number of carbonyl (C=O) groups excluding carboxylic acids is 3. The Labute approximate surface area is 152 Å². The van der Waals surface area contributed by atoms with Crippen molar-refractivity contribution in [2.45, 2.75) is 18.9 Å². The summed E-state index contributed by atoms with van der Waals surface area (Å²) in [7, 11) is 1.58. The van der Waals surface area contributed by atoms with Crippen LogP contribution < -0.4 is 20.7 Å². The van der Waals surface area contributed by atoms with Gasteiger partial charge >= 0.3 is 6.03 Å². The number of rotatable bonds is 7. The highest BCUT2D eigenvalue weighted by Crippen LogP contribution is 2.20. The van der Waals surface area contributed by atoms with Crippen molar-refractivity contribution in [3.05, 3.63) is 36.9 Å². The number of urea groups is 1. The van der Waals surface area contributed by atoms with E-state index in [4.69, 9.17) is 4.74 Å². The summed E-state index contributed by atoms with van der Waals surface area (Å²) in [6.45, 7) is 4.37. The molecule has 1 aliphatic heterocycles. The van der Waals surface area contributed by atoms with E-state index in [-0.39, 0.29) is 19.0 Å². The summed E-state index contributed by atoms with van der Waals surface area (Å²) >= 11 is 0. The SMILES string of the molecule is C=CCNC(=O)NC(=O)CN1CCCC1C(=O)Nc1ccc(OC)cc1. The van der Waals surface area contributed by atoms with E-state index in [2.05, 4.69) is 22.5 Å². The molecule has 140 valence electrons. The third kappa shape index (κ3) is 5.59. The lowest BCUT2D eigenvalue weighted by Crippen LogP contribution is -2.48. The molecular weight excluding hydrogens is 336 g/mol. The van der Waals surface area contributed by atoms with Crippen LogP contribution in [-0.2, 0) is 9.59 Å². The summed E-state index contributed by atoms with van der Waals surface area (Å²) in [4.78, 5) is 37.8. The predicted octanol–water partition coefficient (Wildman–Crippen LogP) is 1.11. The second kappa shape index (κ2) is 9.57. The molecule has 1 aliphatic rings. The molecule has 4 amide bonds. The molecule has 0 aliphatic carbocycles. The van der Waals surface area contributed by atoms with Gasteiger partial charge < -0.3 is 15.4 Å². The molecule has 0 saturated carbocycles. The maximum Gasteiger partial charge on any atom is 0.321 e. The lowest BCUT2D eigenvalue weighted by atomic mass is 10.2. The van der Waals surface area contributed by atoms with Crippen LogP contribution in [0.25, 0.3) is 0 Å². The van der Waals surface area contributed by atoms with Gasteiger partial charge in [-0.1, -0.05) is 6.08 Å². The number of imide groups is 1. The predicted molar refractivity (Wildman–Crippen MR) is 98.0 cm³/mol. The second-order valence-corrected chi connectivity index (χ2v) is 5.89. The maximum absolute atomic E-state index is 12.5. The topological polar surface area (TPSA) is 99.8 Å². The van der Waals surface area contributed by atoms with Crippen LogP contribution in [0.15, 0.2) is 36.9 Å². The van der Waals surface area contributed by atoms with E-state index in [0.29, 0.717) is 24.4 Å². The van der Waals surface area contributed by atoms with E-state index in [1.54, 1.807) is 36.3 Å². The van der Waals surface area contributed by atoms with Crippen molar-refractivity contribution in [1.82, 2.24) is 15.5 Å². The minimum Gasteiger partial charge on any atom is -0.497 e.